The van der Waals surface area contributed by atoms with Crippen LogP contribution in [0, 0.1) is 0 Å². The molecule has 0 saturated heterocycles. The molecule has 0 aliphatic heterocycles. The summed E-state index contributed by atoms with van der Waals surface area (Å²) in [7, 11) is -2.16. The van der Waals surface area contributed by atoms with Gasteiger partial charge in [0.25, 0.3) is 10.0 Å². The van der Waals surface area contributed by atoms with Crippen molar-refractivity contribution < 1.29 is 41.0 Å². The van der Waals surface area contributed by atoms with Crippen LogP contribution < -0.4 is 14.8 Å². The van der Waals surface area contributed by atoms with Crippen LogP contribution in [0.25, 0.3) is 0 Å². The van der Waals surface area contributed by atoms with Crippen LogP contribution in [0.5, 0.6) is 5.75 Å². The smallest absolute Gasteiger partial charge is 0.490 e. The van der Waals surface area contributed by atoms with Crippen molar-refractivity contribution in [2.24, 2.45) is 0 Å². The maximum Gasteiger partial charge on any atom is 0.490 e. The van der Waals surface area contributed by atoms with E-state index >= 15 is 0 Å². The average molecular weight is 543 g/mol. The van der Waals surface area contributed by atoms with Gasteiger partial charge >= 0.3 is 12.1 Å². The van der Waals surface area contributed by atoms with E-state index in [-0.39, 0.29) is 10.8 Å². The van der Waals surface area contributed by atoms with Crippen molar-refractivity contribution in [2.45, 2.75) is 67.5 Å². The number of aliphatic carboxylic acids is 1. The first-order chi connectivity index (χ1) is 17.4. The number of carbonyl (C=O) groups is 2. The standard InChI is InChI=1S/C23H28N2O4S.C2HF3O2/c1-29-20-11-13-21(14-12-20)30(27,28)25-19-9-7-17(8-10-19)23(15-16-23)22(26)24-18-5-3-2-4-6-18;3-2(4,5)1(6)7/h7-14,18,25H,2-6,15-16H2,1H3,(H,24,26);(H,6,7). The Morgan fingerprint density at radius 3 is 1.97 bits per heavy atom. The number of carboxylic acids is 1. The quantitative estimate of drug-likeness (QED) is 0.470. The van der Waals surface area contributed by atoms with Gasteiger partial charge in [0.05, 0.1) is 17.4 Å². The van der Waals surface area contributed by atoms with Crippen LogP contribution >= 0.6 is 0 Å². The van der Waals surface area contributed by atoms with Crippen molar-refractivity contribution in [3.05, 3.63) is 54.1 Å². The molecule has 4 rings (SSSR count). The predicted molar refractivity (Wildman–Crippen MR) is 130 cm³/mol. The third-order valence-corrected chi connectivity index (χ3v) is 7.82. The van der Waals surface area contributed by atoms with Crippen molar-refractivity contribution >= 4 is 27.6 Å². The second kappa shape index (κ2) is 11.4. The molecule has 0 heterocycles. The Morgan fingerprint density at radius 1 is 0.973 bits per heavy atom. The number of alkyl halides is 3. The molecule has 0 unspecified atom stereocenters. The molecular formula is C25H29F3N2O6S. The van der Waals surface area contributed by atoms with E-state index in [4.69, 9.17) is 14.6 Å². The molecule has 0 spiro atoms. The van der Waals surface area contributed by atoms with Gasteiger partial charge in [0, 0.05) is 11.7 Å². The number of carboxylic acid groups (broad SMARTS) is 1. The molecule has 2 saturated carbocycles. The minimum atomic E-state index is -5.08. The maximum absolute atomic E-state index is 12.9. The van der Waals surface area contributed by atoms with Gasteiger partial charge in [-0.25, -0.2) is 13.2 Å². The lowest BCUT2D eigenvalue weighted by molar-refractivity contribution is -0.192. The lowest BCUT2D eigenvalue weighted by Crippen LogP contribution is -2.42. The van der Waals surface area contributed by atoms with Gasteiger partial charge in [-0.15, -0.1) is 0 Å². The highest BCUT2D eigenvalue weighted by Gasteiger charge is 2.51. The Kier molecular flexibility index (Phi) is 8.72. The van der Waals surface area contributed by atoms with Crippen LogP contribution in [0.1, 0.15) is 50.5 Å². The number of halogens is 3. The molecule has 1 amide bonds. The molecule has 0 bridgehead atoms. The molecule has 2 aliphatic rings. The van der Waals surface area contributed by atoms with Crippen LogP contribution in [-0.4, -0.2) is 44.7 Å². The van der Waals surface area contributed by atoms with Gasteiger partial charge in [-0.05, 0) is 67.6 Å². The van der Waals surface area contributed by atoms with Crippen LogP contribution in [0.4, 0.5) is 18.9 Å². The Morgan fingerprint density at radius 2 is 1.51 bits per heavy atom. The van der Waals surface area contributed by atoms with Crippen LogP contribution in [-0.2, 0) is 25.0 Å². The van der Waals surface area contributed by atoms with E-state index in [2.05, 4.69) is 10.0 Å². The summed E-state index contributed by atoms with van der Waals surface area (Å²) in [5.41, 5.74) is 0.964. The lowest BCUT2D eigenvalue weighted by atomic mass is 9.91. The third kappa shape index (κ3) is 7.37. The molecule has 37 heavy (non-hydrogen) atoms. The highest BCUT2D eigenvalue weighted by molar-refractivity contribution is 7.92. The van der Waals surface area contributed by atoms with E-state index in [0.29, 0.717) is 17.5 Å². The van der Waals surface area contributed by atoms with Crippen molar-refractivity contribution in [3.63, 3.8) is 0 Å². The first kappa shape index (κ1) is 28.3. The minimum Gasteiger partial charge on any atom is -0.497 e. The molecule has 12 heteroatoms. The zero-order valence-corrected chi connectivity index (χ0v) is 21.0. The molecule has 202 valence electrons. The van der Waals surface area contributed by atoms with Gasteiger partial charge < -0.3 is 15.2 Å². The zero-order valence-electron chi connectivity index (χ0n) is 20.2. The van der Waals surface area contributed by atoms with Gasteiger partial charge in [-0.3, -0.25) is 9.52 Å². The number of nitrogens with one attached hydrogen (secondary N) is 2. The van der Waals surface area contributed by atoms with Crippen LogP contribution in [0.15, 0.2) is 53.4 Å². The Hall–Kier alpha value is -3.28. The summed E-state index contributed by atoms with van der Waals surface area (Å²) in [5.74, 6) is -2.05. The van der Waals surface area contributed by atoms with Crippen molar-refractivity contribution in [3.8, 4) is 5.75 Å². The van der Waals surface area contributed by atoms with Crippen LogP contribution in [0.2, 0.25) is 0 Å². The minimum absolute atomic E-state index is 0.112. The molecule has 2 aliphatic carbocycles. The van der Waals surface area contributed by atoms with E-state index < -0.39 is 27.6 Å². The molecule has 3 N–H and O–H groups in total. The summed E-state index contributed by atoms with van der Waals surface area (Å²) in [5, 5.41) is 10.4. The Labute approximate surface area is 213 Å². The number of methoxy groups -OCH3 is 1. The number of ether oxygens (including phenoxy) is 1. The number of hydrogen-bond acceptors (Lipinski definition) is 5. The molecule has 8 nitrogen and oxygen atoms in total. The van der Waals surface area contributed by atoms with Gasteiger partial charge in [-0.1, -0.05) is 31.4 Å². The number of anilines is 1. The van der Waals surface area contributed by atoms with E-state index in [1.54, 1.807) is 24.3 Å². The first-order valence-electron chi connectivity index (χ1n) is 11.8. The fraction of sp³-hybridized carbons (Fsp3) is 0.440. The van der Waals surface area contributed by atoms with Gasteiger partial charge in [0.1, 0.15) is 5.75 Å². The lowest BCUT2D eigenvalue weighted by Gasteiger charge is -2.25. The van der Waals surface area contributed by atoms with Crippen LogP contribution in [0.3, 0.4) is 0 Å². The molecule has 2 fully saturated rings. The number of hydrogen-bond donors (Lipinski definition) is 3. The predicted octanol–water partition coefficient (Wildman–Crippen LogP) is 4.61. The fourth-order valence-corrected chi connectivity index (χ4v) is 5.23. The van der Waals surface area contributed by atoms with E-state index in [1.807, 2.05) is 12.1 Å². The number of rotatable bonds is 7. The van der Waals surface area contributed by atoms with Gasteiger partial charge in [0.2, 0.25) is 5.91 Å². The van der Waals surface area contributed by atoms with E-state index in [9.17, 15) is 26.4 Å². The molecule has 0 radical (unpaired) electrons. The van der Waals surface area contributed by atoms with Gasteiger partial charge in [-0.2, -0.15) is 13.2 Å². The summed E-state index contributed by atoms with van der Waals surface area (Å²) in [6.07, 6.45) is 2.33. The van der Waals surface area contributed by atoms with Crippen molar-refractivity contribution in [1.82, 2.24) is 5.32 Å². The average Bonchev–Trinajstić information content (AvgIpc) is 3.67. The zero-order chi connectivity index (χ0) is 27.3. The second-order valence-electron chi connectivity index (χ2n) is 9.05. The number of sulfonamides is 1. The number of benzene rings is 2. The summed E-state index contributed by atoms with van der Waals surface area (Å²) in [6.45, 7) is 0. The molecule has 2 aromatic rings. The summed E-state index contributed by atoms with van der Waals surface area (Å²) < 4.78 is 64.6. The highest BCUT2D eigenvalue weighted by atomic mass is 32.2. The summed E-state index contributed by atoms with van der Waals surface area (Å²) in [4.78, 5) is 22.0. The summed E-state index contributed by atoms with van der Waals surface area (Å²) >= 11 is 0. The molecule has 0 atom stereocenters. The topological polar surface area (TPSA) is 122 Å². The van der Waals surface area contributed by atoms with Gasteiger partial charge in [0.15, 0.2) is 0 Å². The third-order valence-electron chi connectivity index (χ3n) is 6.43. The molecule has 0 aromatic heterocycles. The first-order valence-corrected chi connectivity index (χ1v) is 13.2. The molecular weight excluding hydrogens is 513 g/mol. The SMILES string of the molecule is COc1ccc(S(=O)(=O)Nc2ccc(C3(C(=O)NC4CCCCC4)CC3)cc2)cc1.O=C(O)C(F)(F)F. The fourth-order valence-electron chi connectivity index (χ4n) is 4.17. The monoisotopic (exact) mass is 542 g/mol. The Bertz CT molecular complexity index is 1190. The highest BCUT2D eigenvalue weighted by Crippen LogP contribution is 2.49. The largest absolute Gasteiger partial charge is 0.497 e. The summed E-state index contributed by atoms with van der Waals surface area (Å²) in [6, 6.07) is 13.7. The normalized spacial score (nSPS) is 17.1. The van der Waals surface area contributed by atoms with Crippen molar-refractivity contribution in [1.29, 1.82) is 0 Å². The second-order valence-corrected chi connectivity index (χ2v) is 10.7. The maximum atomic E-state index is 12.9. The number of carbonyl (C=O) groups excluding carboxylic acids is 1. The number of amides is 1. The van der Waals surface area contributed by atoms with E-state index in [0.717, 1.165) is 31.2 Å². The molecule has 2 aromatic carbocycles. The Balaban J connectivity index is 0.000000479. The van der Waals surface area contributed by atoms with Crippen molar-refractivity contribution in [2.75, 3.05) is 11.8 Å². The van der Waals surface area contributed by atoms with E-state index in [1.165, 1.54) is 38.5 Å².